The third kappa shape index (κ3) is 5.37. The first-order valence-corrected chi connectivity index (χ1v) is 9.85. The highest BCUT2D eigenvalue weighted by Gasteiger charge is 2.27. The predicted octanol–water partition coefficient (Wildman–Crippen LogP) is 1.44. The topological polar surface area (TPSA) is 73.8 Å². The lowest BCUT2D eigenvalue weighted by molar-refractivity contribution is 0.306. The van der Waals surface area contributed by atoms with Gasteiger partial charge >= 0.3 is 0 Å². The number of halogens is 2. The van der Waals surface area contributed by atoms with E-state index in [1.54, 1.807) is 14.0 Å². The van der Waals surface area contributed by atoms with Crippen molar-refractivity contribution >= 4 is 16.0 Å². The Morgan fingerprint density at radius 3 is 2.60 bits per heavy atom. The van der Waals surface area contributed by atoms with Crippen molar-refractivity contribution in [3.05, 3.63) is 35.4 Å². The minimum absolute atomic E-state index is 0.0758. The molecule has 1 aromatic carbocycles. The maximum absolute atomic E-state index is 13.6. The molecule has 1 aliphatic rings. The van der Waals surface area contributed by atoms with E-state index in [1.807, 2.05) is 0 Å². The van der Waals surface area contributed by atoms with Gasteiger partial charge in [0.1, 0.15) is 11.6 Å². The molecule has 1 saturated heterocycles. The molecular weight excluding hydrogens is 350 g/mol. The molecule has 0 amide bonds. The van der Waals surface area contributed by atoms with E-state index in [0.29, 0.717) is 31.9 Å². The molecule has 1 aromatic rings. The summed E-state index contributed by atoms with van der Waals surface area (Å²) >= 11 is 0. The van der Waals surface area contributed by atoms with Crippen LogP contribution in [0.3, 0.4) is 0 Å². The van der Waals surface area contributed by atoms with Gasteiger partial charge in [-0.3, -0.25) is 4.99 Å². The van der Waals surface area contributed by atoms with Crippen LogP contribution in [-0.4, -0.2) is 50.6 Å². The van der Waals surface area contributed by atoms with Crippen LogP contribution in [0.25, 0.3) is 0 Å². The van der Waals surface area contributed by atoms with Crippen molar-refractivity contribution in [3.8, 4) is 0 Å². The van der Waals surface area contributed by atoms with Crippen molar-refractivity contribution in [2.24, 2.45) is 4.99 Å². The van der Waals surface area contributed by atoms with Gasteiger partial charge in [-0.05, 0) is 38.0 Å². The highest BCUT2D eigenvalue weighted by atomic mass is 32.2. The number of guanidine groups is 1. The molecule has 0 bridgehead atoms. The molecule has 0 unspecified atom stereocenters. The molecule has 2 N–H and O–H groups in total. The van der Waals surface area contributed by atoms with Gasteiger partial charge in [0.05, 0.1) is 5.75 Å². The Balaban J connectivity index is 1.86. The zero-order valence-corrected chi connectivity index (χ0v) is 15.2. The summed E-state index contributed by atoms with van der Waals surface area (Å²) in [6.07, 6.45) is 1.32. The second-order valence-corrected chi connectivity index (χ2v) is 8.14. The molecule has 140 valence electrons. The van der Waals surface area contributed by atoms with Crippen LogP contribution in [0.5, 0.6) is 0 Å². The van der Waals surface area contributed by atoms with Gasteiger partial charge in [-0.15, -0.1) is 0 Å². The summed E-state index contributed by atoms with van der Waals surface area (Å²) in [7, 11) is -1.56. The molecule has 2 rings (SSSR count). The van der Waals surface area contributed by atoms with Gasteiger partial charge in [0, 0.05) is 38.3 Å². The van der Waals surface area contributed by atoms with E-state index in [9.17, 15) is 17.2 Å². The predicted molar refractivity (Wildman–Crippen MR) is 93.7 cm³/mol. The molecule has 0 atom stereocenters. The minimum Gasteiger partial charge on any atom is -0.354 e. The number of aliphatic imine (C=N–C) groups is 1. The molecule has 9 heteroatoms. The quantitative estimate of drug-likeness (QED) is 0.604. The van der Waals surface area contributed by atoms with E-state index in [0.717, 1.165) is 18.2 Å². The van der Waals surface area contributed by atoms with E-state index in [1.165, 1.54) is 4.31 Å². The van der Waals surface area contributed by atoms with Crippen LogP contribution in [0.2, 0.25) is 0 Å². The lowest BCUT2D eigenvalue weighted by Gasteiger charge is -2.32. The Morgan fingerprint density at radius 2 is 2.00 bits per heavy atom. The van der Waals surface area contributed by atoms with Crippen molar-refractivity contribution in [1.29, 1.82) is 0 Å². The third-order valence-corrected chi connectivity index (χ3v) is 6.11. The van der Waals surface area contributed by atoms with Crippen molar-refractivity contribution in [3.63, 3.8) is 0 Å². The maximum atomic E-state index is 13.6. The van der Waals surface area contributed by atoms with Gasteiger partial charge in [0.25, 0.3) is 0 Å². The Hall–Kier alpha value is -1.74. The number of piperidine rings is 1. The first kappa shape index (κ1) is 19.6. The largest absolute Gasteiger partial charge is 0.354 e. The minimum atomic E-state index is -3.15. The van der Waals surface area contributed by atoms with E-state index in [-0.39, 0.29) is 23.9 Å². The Labute approximate surface area is 147 Å². The second-order valence-electron chi connectivity index (χ2n) is 5.88. The van der Waals surface area contributed by atoms with E-state index in [2.05, 4.69) is 15.6 Å². The molecule has 6 nitrogen and oxygen atoms in total. The SMILES string of the molecule is CCS(=O)(=O)N1CCC(NC(=NC)NCc2cc(F)ccc2F)CC1. The van der Waals surface area contributed by atoms with Crippen molar-refractivity contribution in [2.45, 2.75) is 32.4 Å². The fourth-order valence-electron chi connectivity index (χ4n) is 2.71. The number of hydrogen-bond donors (Lipinski definition) is 2. The van der Waals surface area contributed by atoms with Gasteiger partial charge < -0.3 is 10.6 Å². The molecular formula is C16H24F2N4O2S. The van der Waals surface area contributed by atoms with Crippen LogP contribution >= 0.6 is 0 Å². The zero-order valence-electron chi connectivity index (χ0n) is 14.4. The number of hydrogen-bond acceptors (Lipinski definition) is 3. The van der Waals surface area contributed by atoms with Crippen LogP contribution in [0.4, 0.5) is 8.78 Å². The van der Waals surface area contributed by atoms with Gasteiger partial charge in [0.15, 0.2) is 5.96 Å². The lowest BCUT2D eigenvalue weighted by Crippen LogP contribution is -2.49. The summed E-state index contributed by atoms with van der Waals surface area (Å²) in [6.45, 7) is 2.66. The zero-order chi connectivity index (χ0) is 18.4. The number of rotatable bonds is 5. The number of nitrogens with one attached hydrogen (secondary N) is 2. The fraction of sp³-hybridized carbons (Fsp3) is 0.562. The number of benzene rings is 1. The summed E-state index contributed by atoms with van der Waals surface area (Å²) in [5.74, 6) is -0.401. The van der Waals surface area contributed by atoms with Crippen molar-refractivity contribution in [2.75, 3.05) is 25.9 Å². The summed E-state index contributed by atoms with van der Waals surface area (Å²) in [5.41, 5.74) is 0.215. The monoisotopic (exact) mass is 374 g/mol. The van der Waals surface area contributed by atoms with Crippen LogP contribution in [0, 0.1) is 11.6 Å². The van der Waals surface area contributed by atoms with Crippen LogP contribution in [0.1, 0.15) is 25.3 Å². The number of sulfonamides is 1. The van der Waals surface area contributed by atoms with Crippen molar-refractivity contribution in [1.82, 2.24) is 14.9 Å². The van der Waals surface area contributed by atoms with Crippen LogP contribution in [-0.2, 0) is 16.6 Å². The van der Waals surface area contributed by atoms with Gasteiger partial charge in [-0.2, -0.15) is 0 Å². The first-order chi connectivity index (χ1) is 11.9. The second kappa shape index (κ2) is 8.57. The molecule has 0 saturated carbocycles. The smallest absolute Gasteiger partial charge is 0.213 e. The van der Waals surface area contributed by atoms with Gasteiger partial charge in [0.2, 0.25) is 10.0 Å². The molecule has 0 spiro atoms. The summed E-state index contributed by atoms with van der Waals surface area (Å²) in [4.78, 5) is 4.08. The molecule has 0 aliphatic carbocycles. The Bertz CT molecular complexity index is 717. The van der Waals surface area contributed by atoms with Gasteiger partial charge in [-0.25, -0.2) is 21.5 Å². The Morgan fingerprint density at radius 1 is 1.32 bits per heavy atom. The van der Waals surface area contributed by atoms with Crippen LogP contribution in [0.15, 0.2) is 23.2 Å². The number of nitrogens with zero attached hydrogens (tertiary/aromatic N) is 2. The molecule has 0 radical (unpaired) electrons. The third-order valence-electron chi connectivity index (χ3n) is 4.23. The maximum Gasteiger partial charge on any atom is 0.213 e. The first-order valence-electron chi connectivity index (χ1n) is 8.24. The highest BCUT2D eigenvalue weighted by molar-refractivity contribution is 7.89. The standard InChI is InChI=1S/C16H24F2N4O2S/c1-3-25(23,24)22-8-6-14(7-9-22)21-16(19-2)20-11-12-10-13(17)4-5-15(12)18/h4-5,10,14H,3,6-9,11H2,1-2H3,(H2,19,20,21). The molecule has 1 aliphatic heterocycles. The molecule has 1 heterocycles. The molecule has 0 aromatic heterocycles. The summed E-state index contributed by atoms with van der Waals surface area (Å²) in [6, 6.07) is 3.38. The summed E-state index contributed by atoms with van der Waals surface area (Å²) < 4.78 is 52.1. The highest BCUT2D eigenvalue weighted by Crippen LogP contribution is 2.14. The van der Waals surface area contributed by atoms with Crippen molar-refractivity contribution < 1.29 is 17.2 Å². The molecule has 1 fully saturated rings. The van der Waals surface area contributed by atoms with E-state index in [4.69, 9.17) is 0 Å². The lowest BCUT2D eigenvalue weighted by atomic mass is 10.1. The normalized spacial score (nSPS) is 17.5. The fourth-order valence-corrected chi connectivity index (χ4v) is 3.84. The van der Waals surface area contributed by atoms with Gasteiger partial charge in [-0.1, -0.05) is 0 Å². The van der Waals surface area contributed by atoms with E-state index < -0.39 is 21.7 Å². The van der Waals surface area contributed by atoms with Crippen LogP contribution < -0.4 is 10.6 Å². The summed E-state index contributed by atoms with van der Waals surface area (Å²) in [5, 5.41) is 6.16. The average molecular weight is 374 g/mol. The Kier molecular flexibility index (Phi) is 6.71. The van der Waals surface area contributed by atoms with E-state index >= 15 is 0 Å². The molecule has 25 heavy (non-hydrogen) atoms. The average Bonchev–Trinajstić information content (AvgIpc) is 2.61.